The zero-order valence-corrected chi connectivity index (χ0v) is 11.6. The van der Waals surface area contributed by atoms with E-state index in [0.717, 1.165) is 4.88 Å². The van der Waals surface area contributed by atoms with Gasteiger partial charge in [-0.15, -0.1) is 11.3 Å². The molecule has 7 heteroatoms. The highest BCUT2D eigenvalue weighted by atomic mass is 32.2. The molecule has 0 fully saturated rings. The Kier molecular flexibility index (Phi) is 2.90. The Hall–Kier alpha value is -1.08. The summed E-state index contributed by atoms with van der Waals surface area (Å²) in [4.78, 5) is 14.8. The van der Waals surface area contributed by atoms with Crippen molar-refractivity contribution in [3.63, 3.8) is 0 Å². The zero-order chi connectivity index (χ0) is 12.8. The summed E-state index contributed by atoms with van der Waals surface area (Å²) < 4.78 is 24.5. The van der Waals surface area contributed by atoms with Gasteiger partial charge < -0.3 is 4.90 Å². The average molecular weight is 274 g/mol. The van der Waals surface area contributed by atoms with Gasteiger partial charge in [0.15, 0.2) is 0 Å². The van der Waals surface area contributed by atoms with Crippen molar-refractivity contribution in [1.82, 2.24) is 4.90 Å². The van der Waals surface area contributed by atoms with Crippen molar-refractivity contribution in [2.24, 2.45) is 0 Å². The van der Waals surface area contributed by atoms with Gasteiger partial charge >= 0.3 is 0 Å². The first kappa shape index (κ1) is 12.4. The SMILES string of the molecule is CN(C)C(=O)c1cc2c(s1)CCN2S(C)(=O)=O. The van der Waals surface area contributed by atoms with Gasteiger partial charge in [-0.2, -0.15) is 0 Å². The molecule has 2 rings (SSSR count). The van der Waals surface area contributed by atoms with Gasteiger partial charge in [-0.25, -0.2) is 8.42 Å². The summed E-state index contributed by atoms with van der Waals surface area (Å²) in [7, 11) is 0.131. The molecule has 1 aliphatic heterocycles. The number of carbonyl (C=O) groups excluding carboxylic acids is 1. The van der Waals surface area contributed by atoms with E-state index in [0.29, 0.717) is 23.5 Å². The summed E-state index contributed by atoms with van der Waals surface area (Å²) in [5, 5.41) is 0. The van der Waals surface area contributed by atoms with Crippen LogP contribution in [0.25, 0.3) is 0 Å². The van der Waals surface area contributed by atoms with E-state index in [1.54, 1.807) is 20.2 Å². The first-order valence-corrected chi connectivity index (χ1v) is 7.79. The minimum absolute atomic E-state index is 0.0853. The monoisotopic (exact) mass is 274 g/mol. The molecule has 0 aromatic carbocycles. The first-order valence-electron chi connectivity index (χ1n) is 5.13. The lowest BCUT2D eigenvalue weighted by Crippen LogP contribution is -2.27. The smallest absolute Gasteiger partial charge is 0.263 e. The first-order chi connectivity index (χ1) is 7.80. The van der Waals surface area contributed by atoms with Crippen LogP contribution in [-0.4, -0.2) is 46.1 Å². The van der Waals surface area contributed by atoms with Crippen molar-refractivity contribution < 1.29 is 13.2 Å². The largest absolute Gasteiger partial charge is 0.344 e. The topological polar surface area (TPSA) is 57.7 Å². The van der Waals surface area contributed by atoms with Crippen LogP contribution in [-0.2, 0) is 16.4 Å². The molecule has 1 aromatic rings. The van der Waals surface area contributed by atoms with Crippen LogP contribution in [0.2, 0.25) is 0 Å². The van der Waals surface area contributed by atoms with Gasteiger partial charge in [-0.05, 0) is 6.07 Å². The number of nitrogens with zero attached hydrogens (tertiary/aromatic N) is 2. The van der Waals surface area contributed by atoms with Crippen LogP contribution in [0.15, 0.2) is 6.07 Å². The molecule has 2 heterocycles. The van der Waals surface area contributed by atoms with E-state index in [1.165, 1.54) is 26.8 Å². The second-order valence-electron chi connectivity index (χ2n) is 4.20. The van der Waals surface area contributed by atoms with Crippen molar-refractivity contribution in [3.05, 3.63) is 15.8 Å². The van der Waals surface area contributed by atoms with E-state index in [-0.39, 0.29) is 5.91 Å². The van der Waals surface area contributed by atoms with Crippen molar-refractivity contribution in [2.75, 3.05) is 31.2 Å². The fraction of sp³-hybridized carbons (Fsp3) is 0.500. The number of thiophene rings is 1. The minimum atomic E-state index is -3.23. The maximum atomic E-state index is 11.8. The van der Waals surface area contributed by atoms with Gasteiger partial charge in [0.2, 0.25) is 10.0 Å². The van der Waals surface area contributed by atoms with Crippen molar-refractivity contribution in [2.45, 2.75) is 6.42 Å². The van der Waals surface area contributed by atoms with E-state index in [4.69, 9.17) is 0 Å². The molecule has 0 saturated carbocycles. The van der Waals surface area contributed by atoms with Gasteiger partial charge in [0.25, 0.3) is 5.91 Å². The van der Waals surface area contributed by atoms with Gasteiger partial charge in [0.1, 0.15) is 0 Å². The van der Waals surface area contributed by atoms with E-state index in [9.17, 15) is 13.2 Å². The molecule has 0 atom stereocenters. The Morgan fingerprint density at radius 3 is 2.65 bits per heavy atom. The zero-order valence-electron chi connectivity index (χ0n) is 9.93. The third-order valence-electron chi connectivity index (χ3n) is 2.61. The molecule has 0 N–H and O–H groups in total. The quantitative estimate of drug-likeness (QED) is 0.800. The van der Waals surface area contributed by atoms with Gasteiger partial charge in [0.05, 0.1) is 16.8 Å². The molecule has 0 unspecified atom stereocenters. The normalized spacial score (nSPS) is 14.9. The molecule has 94 valence electrons. The number of hydrogen-bond donors (Lipinski definition) is 0. The second kappa shape index (κ2) is 3.99. The van der Waals surface area contributed by atoms with Crippen LogP contribution in [0.4, 0.5) is 5.69 Å². The average Bonchev–Trinajstić information content (AvgIpc) is 2.71. The highest BCUT2D eigenvalue weighted by Gasteiger charge is 2.29. The summed E-state index contributed by atoms with van der Waals surface area (Å²) in [6.07, 6.45) is 1.88. The fourth-order valence-corrected chi connectivity index (χ4v) is 3.98. The van der Waals surface area contributed by atoms with Gasteiger partial charge in [-0.3, -0.25) is 9.10 Å². The predicted octanol–water partition coefficient (Wildman–Crippen LogP) is 0.772. The van der Waals surface area contributed by atoms with E-state index < -0.39 is 10.0 Å². The number of anilines is 1. The Labute approximate surface area is 105 Å². The molecule has 0 saturated heterocycles. The molecule has 1 aromatic heterocycles. The fourth-order valence-electron chi connectivity index (χ4n) is 1.80. The van der Waals surface area contributed by atoms with Crippen LogP contribution in [0.1, 0.15) is 14.5 Å². The Morgan fingerprint density at radius 1 is 1.47 bits per heavy atom. The third-order valence-corrected chi connectivity index (χ3v) is 4.97. The number of rotatable bonds is 2. The standard InChI is InChI=1S/C10H14N2O3S2/c1-11(2)10(13)9-6-7-8(16-9)4-5-12(7)17(3,14)15/h6H,4-5H2,1-3H3. The molecule has 0 bridgehead atoms. The van der Waals surface area contributed by atoms with Gasteiger partial charge in [-0.1, -0.05) is 0 Å². The number of sulfonamides is 1. The maximum Gasteiger partial charge on any atom is 0.263 e. The van der Waals surface area contributed by atoms with E-state index >= 15 is 0 Å². The van der Waals surface area contributed by atoms with Crippen molar-refractivity contribution in [1.29, 1.82) is 0 Å². The summed E-state index contributed by atoms with van der Waals surface area (Å²) in [5.74, 6) is -0.0853. The summed E-state index contributed by atoms with van der Waals surface area (Å²) in [6.45, 7) is 0.483. The number of hydrogen-bond acceptors (Lipinski definition) is 4. The van der Waals surface area contributed by atoms with E-state index in [2.05, 4.69) is 0 Å². The lowest BCUT2D eigenvalue weighted by atomic mass is 10.3. The summed E-state index contributed by atoms with van der Waals surface area (Å²) in [6, 6.07) is 1.68. The Balaban J connectivity index is 2.39. The Morgan fingerprint density at radius 2 is 2.12 bits per heavy atom. The van der Waals surface area contributed by atoms with Crippen LogP contribution >= 0.6 is 11.3 Å². The molecule has 17 heavy (non-hydrogen) atoms. The third kappa shape index (κ3) is 2.16. The van der Waals surface area contributed by atoms with Crippen LogP contribution in [0, 0.1) is 0 Å². The second-order valence-corrected chi connectivity index (χ2v) is 7.25. The minimum Gasteiger partial charge on any atom is -0.344 e. The molecule has 1 aliphatic rings. The number of carbonyl (C=O) groups is 1. The van der Waals surface area contributed by atoms with Crippen LogP contribution < -0.4 is 4.31 Å². The van der Waals surface area contributed by atoms with Crippen LogP contribution in [0.3, 0.4) is 0 Å². The number of fused-ring (bicyclic) bond motifs is 1. The molecular formula is C10H14N2O3S2. The predicted molar refractivity (Wildman–Crippen MR) is 68.2 cm³/mol. The molecule has 0 aliphatic carbocycles. The molecule has 0 spiro atoms. The number of amides is 1. The molecule has 1 amide bonds. The van der Waals surface area contributed by atoms with E-state index in [1.807, 2.05) is 0 Å². The highest BCUT2D eigenvalue weighted by molar-refractivity contribution is 7.92. The van der Waals surface area contributed by atoms with Crippen molar-refractivity contribution in [3.8, 4) is 0 Å². The molecule has 0 radical (unpaired) electrons. The summed E-state index contributed by atoms with van der Waals surface area (Å²) in [5.41, 5.74) is 0.669. The van der Waals surface area contributed by atoms with Crippen molar-refractivity contribution >= 4 is 33.0 Å². The lowest BCUT2D eigenvalue weighted by Gasteiger charge is -2.15. The maximum absolute atomic E-state index is 11.8. The van der Waals surface area contributed by atoms with Gasteiger partial charge in [0, 0.05) is 31.9 Å². The lowest BCUT2D eigenvalue weighted by molar-refractivity contribution is 0.0832. The van der Waals surface area contributed by atoms with Crippen LogP contribution in [0.5, 0.6) is 0 Å². The molecule has 5 nitrogen and oxygen atoms in total. The summed E-state index contributed by atoms with van der Waals surface area (Å²) >= 11 is 1.38. The molecular weight excluding hydrogens is 260 g/mol. The Bertz CT molecular complexity index is 560. The highest BCUT2D eigenvalue weighted by Crippen LogP contribution is 2.37.